The summed E-state index contributed by atoms with van der Waals surface area (Å²) in [5.74, 6) is 0. The normalized spacial score (nSPS) is 33.1. The zero-order valence-electron chi connectivity index (χ0n) is 5.88. The molecular weight excluding hydrogens is 128 g/mol. The molecule has 0 saturated heterocycles. The lowest BCUT2D eigenvalue weighted by molar-refractivity contribution is -0.395. The van der Waals surface area contributed by atoms with Crippen molar-refractivity contribution in [2.24, 2.45) is 11.5 Å². The lowest BCUT2D eigenvalue weighted by Gasteiger charge is -2.13. The summed E-state index contributed by atoms with van der Waals surface area (Å²) in [4.78, 5) is 0. The molecule has 0 radical (unpaired) electrons. The first-order valence-corrected chi connectivity index (χ1v) is 3.21. The van der Waals surface area contributed by atoms with Gasteiger partial charge in [-0.05, 0) is 6.08 Å². The van der Waals surface area contributed by atoms with Crippen LogP contribution in [0, 0.1) is 0 Å². The Balaban J connectivity index is 2.81. The molecule has 56 valence electrons. The highest BCUT2D eigenvalue weighted by Crippen LogP contribution is 2.04. The average molecular weight is 142 g/mol. The minimum atomic E-state index is -0.113. The highest BCUT2D eigenvalue weighted by Gasteiger charge is 2.19. The van der Waals surface area contributed by atoms with Gasteiger partial charge in [-0.15, -0.1) is 0 Å². The van der Waals surface area contributed by atoms with Gasteiger partial charge in [-0.2, -0.15) is 0 Å². The van der Waals surface area contributed by atoms with Gasteiger partial charge in [-0.3, -0.25) is 0 Å². The fraction of sp³-hybridized carbons (Fsp3) is 0.333. The van der Waals surface area contributed by atoms with Gasteiger partial charge in [0, 0.05) is 6.08 Å². The van der Waals surface area contributed by atoms with Crippen molar-refractivity contribution in [3.8, 4) is 0 Å². The van der Waals surface area contributed by atoms with Crippen molar-refractivity contribution in [2.45, 2.75) is 12.1 Å². The molecule has 0 aromatic carbocycles. The first-order valence-electron chi connectivity index (χ1n) is 3.21. The molecular formula is C6H14N4+2. The molecule has 2 unspecified atom stereocenters. The molecule has 10 N–H and O–H groups in total. The molecule has 0 aromatic rings. The summed E-state index contributed by atoms with van der Waals surface area (Å²) >= 11 is 0. The van der Waals surface area contributed by atoms with Crippen LogP contribution in [0.4, 0.5) is 0 Å². The summed E-state index contributed by atoms with van der Waals surface area (Å²) in [6, 6.07) is -0.0645. The van der Waals surface area contributed by atoms with Gasteiger partial charge >= 0.3 is 0 Å². The summed E-state index contributed by atoms with van der Waals surface area (Å²) in [6.45, 7) is 0. The van der Waals surface area contributed by atoms with Gasteiger partial charge < -0.3 is 22.9 Å². The molecule has 0 spiro atoms. The predicted octanol–water partition coefficient (Wildman–Crippen LogP) is -3.09. The summed E-state index contributed by atoms with van der Waals surface area (Å²) in [5, 5.41) is 0. The zero-order valence-corrected chi connectivity index (χ0v) is 5.88. The van der Waals surface area contributed by atoms with E-state index in [-0.39, 0.29) is 12.1 Å². The van der Waals surface area contributed by atoms with E-state index >= 15 is 0 Å². The highest BCUT2D eigenvalue weighted by atomic mass is 14.8. The maximum absolute atomic E-state index is 5.62. The van der Waals surface area contributed by atoms with Crippen LogP contribution in [-0.4, -0.2) is 12.1 Å². The molecule has 0 aliphatic heterocycles. The Kier molecular flexibility index (Phi) is 1.76. The topological polar surface area (TPSA) is 107 Å². The van der Waals surface area contributed by atoms with E-state index in [0.717, 1.165) is 11.4 Å². The van der Waals surface area contributed by atoms with Crippen molar-refractivity contribution in [1.29, 1.82) is 0 Å². The maximum Gasteiger partial charge on any atom is 0.149 e. The summed E-state index contributed by atoms with van der Waals surface area (Å²) in [7, 11) is 0. The van der Waals surface area contributed by atoms with Crippen LogP contribution in [0.15, 0.2) is 23.5 Å². The van der Waals surface area contributed by atoms with Crippen LogP contribution >= 0.6 is 0 Å². The van der Waals surface area contributed by atoms with E-state index in [0.29, 0.717) is 0 Å². The van der Waals surface area contributed by atoms with Crippen LogP contribution in [0.2, 0.25) is 0 Å². The van der Waals surface area contributed by atoms with Crippen LogP contribution in [0.25, 0.3) is 0 Å². The lowest BCUT2D eigenvalue weighted by Crippen LogP contribution is -2.66. The quantitative estimate of drug-likeness (QED) is 0.287. The monoisotopic (exact) mass is 142 g/mol. The molecule has 4 nitrogen and oxygen atoms in total. The Hall–Kier alpha value is -0.840. The van der Waals surface area contributed by atoms with Crippen molar-refractivity contribution in [3.63, 3.8) is 0 Å². The van der Waals surface area contributed by atoms with Crippen molar-refractivity contribution < 1.29 is 11.5 Å². The van der Waals surface area contributed by atoms with E-state index < -0.39 is 0 Å². The van der Waals surface area contributed by atoms with Crippen molar-refractivity contribution in [1.82, 2.24) is 0 Å². The van der Waals surface area contributed by atoms with Gasteiger partial charge in [-0.25, -0.2) is 0 Å². The number of hydrogen-bond acceptors (Lipinski definition) is 2. The molecule has 1 rings (SSSR count). The Bertz CT molecular complexity index is 172. The third-order valence-corrected chi connectivity index (χ3v) is 1.64. The Morgan fingerprint density at radius 3 is 2.50 bits per heavy atom. The van der Waals surface area contributed by atoms with Gasteiger partial charge in [0.1, 0.15) is 17.8 Å². The Morgan fingerprint density at radius 2 is 2.00 bits per heavy atom. The standard InChI is InChI=1S/C6H12N4/c7-3-1-4(8)6(10)2-5(3)9/h1-3,6H,7-10H2/p+2. The summed E-state index contributed by atoms with van der Waals surface area (Å²) in [5.41, 5.74) is 20.4. The first-order chi connectivity index (χ1) is 4.61. The number of quaternary nitrogens is 2. The first kappa shape index (κ1) is 7.27. The minimum absolute atomic E-state index is 0.0484. The van der Waals surface area contributed by atoms with Crippen LogP contribution in [0.5, 0.6) is 0 Å². The highest BCUT2D eigenvalue weighted by molar-refractivity contribution is 5.25. The van der Waals surface area contributed by atoms with Gasteiger partial charge in [0.15, 0.2) is 0 Å². The fourth-order valence-corrected chi connectivity index (χ4v) is 0.904. The van der Waals surface area contributed by atoms with Gasteiger partial charge in [0.25, 0.3) is 0 Å². The number of nitrogens with two attached hydrogens (primary N) is 2. The van der Waals surface area contributed by atoms with Crippen molar-refractivity contribution in [2.75, 3.05) is 0 Å². The Labute approximate surface area is 59.5 Å². The van der Waals surface area contributed by atoms with Crippen LogP contribution in [0.3, 0.4) is 0 Å². The van der Waals surface area contributed by atoms with Gasteiger partial charge in [-0.1, -0.05) is 0 Å². The maximum atomic E-state index is 5.62. The van der Waals surface area contributed by atoms with Gasteiger partial charge in [0.2, 0.25) is 0 Å². The molecule has 0 bridgehead atoms. The second-order valence-corrected chi connectivity index (χ2v) is 2.54. The van der Waals surface area contributed by atoms with E-state index in [4.69, 9.17) is 11.5 Å². The third kappa shape index (κ3) is 1.18. The largest absolute Gasteiger partial charge is 0.397 e. The van der Waals surface area contributed by atoms with Crippen LogP contribution in [0.1, 0.15) is 0 Å². The fourth-order valence-electron chi connectivity index (χ4n) is 0.904. The molecule has 1 aliphatic carbocycles. The van der Waals surface area contributed by atoms with Gasteiger partial charge in [0.05, 0.1) is 5.70 Å². The molecule has 1 aliphatic rings. The second kappa shape index (κ2) is 2.42. The lowest BCUT2D eigenvalue weighted by atomic mass is 10.0. The minimum Gasteiger partial charge on any atom is -0.397 e. The molecule has 0 aromatic heterocycles. The molecule has 4 heteroatoms. The predicted molar refractivity (Wildman–Crippen MR) is 37.9 cm³/mol. The number of rotatable bonds is 0. The van der Waals surface area contributed by atoms with Crippen molar-refractivity contribution >= 4 is 0 Å². The molecule has 10 heavy (non-hydrogen) atoms. The zero-order chi connectivity index (χ0) is 7.72. The number of hydrogen-bond donors (Lipinski definition) is 4. The summed E-state index contributed by atoms with van der Waals surface area (Å²) in [6.07, 6.45) is 3.68. The average Bonchev–Trinajstić information content (AvgIpc) is 1.84. The van der Waals surface area contributed by atoms with E-state index in [1.165, 1.54) is 0 Å². The Morgan fingerprint density at radius 1 is 1.40 bits per heavy atom. The molecule has 0 fully saturated rings. The SMILES string of the molecule is NC1=CC(N)C([NH3+])=CC1[NH3+]. The van der Waals surface area contributed by atoms with Crippen LogP contribution < -0.4 is 22.9 Å². The van der Waals surface area contributed by atoms with E-state index in [1.807, 2.05) is 6.08 Å². The van der Waals surface area contributed by atoms with Crippen LogP contribution in [-0.2, 0) is 0 Å². The van der Waals surface area contributed by atoms with Crippen molar-refractivity contribution in [3.05, 3.63) is 23.5 Å². The molecule has 0 amide bonds. The smallest absolute Gasteiger partial charge is 0.149 e. The molecule has 2 atom stereocenters. The van der Waals surface area contributed by atoms with E-state index in [9.17, 15) is 0 Å². The molecule has 0 heterocycles. The third-order valence-electron chi connectivity index (χ3n) is 1.64. The summed E-state index contributed by atoms with van der Waals surface area (Å²) < 4.78 is 0. The molecule has 0 saturated carbocycles. The second-order valence-electron chi connectivity index (χ2n) is 2.54. The van der Waals surface area contributed by atoms with E-state index in [1.54, 1.807) is 6.08 Å². The van der Waals surface area contributed by atoms with E-state index in [2.05, 4.69) is 11.5 Å².